The normalized spacial score (nSPS) is 12.9. The smallest absolute Gasteiger partial charge is 0.0594 e. The molecule has 0 radical (unpaired) electrons. The van der Waals surface area contributed by atoms with E-state index in [9.17, 15) is 5.11 Å². The Bertz CT molecular complexity index is 87.2. The third kappa shape index (κ3) is 7.70. The monoisotopic (exact) mass is 128 g/mol. The molecule has 0 aliphatic heterocycles. The number of allylic oxidation sites excluding steroid dienone is 2. The maximum Gasteiger partial charge on any atom is 0.0594 e. The van der Waals surface area contributed by atoms with Gasteiger partial charge in [0.2, 0.25) is 0 Å². The Hall–Kier alpha value is -0.300. The summed E-state index contributed by atoms with van der Waals surface area (Å²) in [5, 5.41) is 9.21. The van der Waals surface area contributed by atoms with Crippen LogP contribution in [-0.2, 0) is 0 Å². The van der Waals surface area contributed by atoms with Crippen molar-refractivity contribution >= 4 is 0 Å². The van der Waals surface area contributed by atoms with Gasteiger partial charge in [-0.15, -0.1) is 0 Å². The third-order valence-electron chi connectivity index (χ3n) is 1.16. The molecule has 0 heterocycles. The van der Waals surface area contributed by atoms with Crippen molar-refractivity contribution in [3.63, 3.8) is 0 Å². The van der Waals surface area contributed by atoms with Gasteiger partial charge in [0, 0.05) is 0 Å². The van der Waals surface area contributed by atoms with Gasteiger partial charge in [-0.2, -0.15) is 0 Å². The molecule has 0 atom stereocenters. The lowest BCUT2D eigenvalue weighted by atomic mass is 10.0. The minimum absolute atomic E-state index is 0.500. The lowest BCUT2D eigenvalue weighted by Gasteiger charge is -2.14. The van der Waals surface area contributed by atoms with Gasteiger partial charge in [0.05, 0.1) is 5.60 Å². The number of hydrogen-bond donors (Lipinski definition) is 1. The Kier molecular flexibility index (Phi) is 3.55. The van der Waals surface area contributed by atoms with Crippen LogP contribution < -0.4 is 0 Å². The lowest BCUT2D eigenvalue weighted by molar-refractivity contribution is 0.0721. The molecule has 1 nitrogen and oxygen atoms in total. The van der Waals surface area contributed by atoms with E-state index in [4.69, 9.17) is 0 Å². The van der Waals surface area contributed by atoms with Crippen LogP contribution in [-0.4, -0.2) is 10.7 Å². The van der Waals surface area contributed by atoms with Gasteiger partial charge in [-0.25, -0.2) is 0 Å². The Labute approximate surface area is 57.4 Å². The summed E-state index contributed by atoms with van der Waals surface area (Å²) in [7, 11) is 0. The number of hydrogen-bond acceptors (Lipinski definition) is 1. The lowest BCUT2D eigenvalue weighted by Crippen LogP contribution is -2.17. The first kappa shape index (κ1) is 8.70. The van der Waals surface area contributed by atoms with Crippen LogP contribution in [0.15, 0.2) is 12.2 Å². The van der Waals surface area contributed by atoms with Gasteiger partial charge in [0.1, 0.15) is 0 Å². The topological polar surface area (TPSA) is 20.2 Å². The van der Waals surface area contributed by atoms with Gasteiger partial charge in [0.25, 0.3) is 0 Å². The van der Waals surface area contributed by atoms with Crippen LogP contribution in [0.4, 0.5) is 0 Å². The molecular formula is C8H16O. The fourth-order valence-electron chi connectivity index (χ4n) is 0.603. The zero-order valence-corrected chi connectivity index (χ0v) is 6.52. The van der Waals surface area contributed by atoms with Gasteiger partial charge in [0.15, 0.2) is 0 Å². The van der Waals surface area contributed by atoms with Crippen LogP contribution in [0, 0.1) is 0 Å². The zero-order chi connectivity index (χ0) is 7.33. The van der Waals surface area contributed by atoms with E-state index in [1.54, 1.807) is 0 Å². The first-order valence-corrected chi connectivity index (χ1v) is 3.40. The fraction of sp³-hybridized carbons (Fsp3) is 0.750. The van der Waals surface area contributed by atoms with Crippen molar-refractivity contribution in [2.24, 2.45) is 0 Å². The van der Waals surface area contributed by atoms with E-state index < -0.39 is 5.60 Å². The van der Waals surface area contributed by atoms with E-state index in [2.05, 4.69) is 6.08 Å². The average Bonchev–Trinajstić information content (AvgIpc) is 1.63. The van der Waals surface area contributed by atoms with Gasteiger partial charge in [-0.1, -0.05) is 12.2 Å². The van der Waals surface area contributed by atoms with Gasteiger partial charge in [-0.3, -0.25) is 0 Å². The van der Waals surface area contributed by atoms with Crippen LogP contribution >= 0.6 is 0 Å². The van der Waals surface area contributed by atoms with Crippen LogP contribution in [0.5, 0.6) is 0 Å². The molecule has 0 aromatic rings. The summed E-state index contributed by atoms with van der Waals surface area (Å²) in [6.07, 6.45) is 5.89. The Morgan fingerprint density at radius 2 is 2.00 bits per heavy atom. The summed E-state index contributed by atoms with van der Waals surface area (Å²) in [6.45, 7) is 5.65. The van der Waals surface area contributed by atoms with Crippen molar-refractivity contribution in [1.29, 1.82) is 0 Å². The Balaban J connectivity index is 3.28. The van der Waals surface area contributed by atoms with E-state index in [1.807, 2.05) is 26.8 Å². The van der Waals surface area contributed by atoms with E-state index in [0.717, 1.165) is 12.8 Å². The molecule has 0 spiro atoms. The van der Waals surface area contributed by atoms with Crippen molar-refractivity contribution < 1.29 is 5.11 Å². The molecule has 0 bridgehead atoms. The molecule has 0 rings (SSSR count). The molecule has 54 valence electrons. The van der Waals surface area contributed by atoms with E-state index in [0.29, 0.717) is 0 Å². The maximum absolute atomic E-state index is 9.21. The highest BCUT2D eigenvalue weighted by Crippen LogP contribution is 2.09. The molecule has 0 aliphatic rings. The van der Waals surface area contributed by atoms with Gasteiger partial charge >= 0.3 is 0 Å². The molecule has 1 N–H and O–H groups in total. The maximum atomic E-state index is 9.21. The summed E-state index contributed by atoms with van der Waals surface area (Å²) in [6, 6.07) is 0. The fourth-order valence-corrected chi connectivity index (χ4v) is 0.603. The Morgan fingerprint density at radius 1 is 1.44 bits per heavy atom. The minimum atomic E-state index is -0.500. The second kappa shape index (κ2) is 3.67. The molecular weight excluding hydrogens is 112 g/mol. The van der Waals surface area contributed by atoms with E-state index in [-0.39, 0.29) is 0 Å². The number of rotatable bonds is 3. The molecule has 0 aromatic heterocycles. The second-order valence-corrected chi connectivity index (χ2v) is 2.92. The molecule has 1 heteroatoms. The third-order valence-corrected chi connectivity index (χ3v) is 1.16. The first-order valence-electron chi connectivity index (χ1n) is 3.40. The van der Waals surface area contributed by atoms with E-state index >= 15 is 0 Å². The minimum Gasteiger partial charge on any atom is -0.390 e. The molecule has 0 saturated heterocycles. The van der Waals surface area contributed by atoms with Crippen molar-refractivity contribution in [3.05, 3.63) is 12.2 Å². The largest absolute Gasteiger partial charge is 0.390 e. The van der Waals surface area contributed by atoms with Crippen molar-refractivity contribution in [3.8, 4) is 0 Å². The predicted octanol–water partition coefficient (Wildman–Crippen LogP) is 2.11. The highest BCUT2D eigenvalue weighted by Gasteiger charge is 2.09. The highest BCUT2D eigenvalue weighted by molar-refractivity contribution is 4.79. The molecule has 0 aliphatic carbocycles. The molecule has 0 unspecified atom stereocenters. The van der Waals surface area contributed by atoms with Gasteiger partial charge in [-0.05, 0) is 33.6 Å². The summed E-state index contributed by atoms with van der Waals surface area (Å²) in [5.74, 6) is 0. The van der Waals surface area contributed by atoms with Crippen molar-refractivity contribution in [2.45, 2.75) is 39.2 Å². The molecule has 0 amide bonds. The molecule has 0 aromatic carbocycles. The summed E-state index contributed by atoms with van der Waals surface area (Å²) in [5.41, 5.74) is -0.500. The SMILES string of the molecule is C/C=C/CCC(C)(C)O. The zero-order valence-electron chi connectivity index (χ0n) is 6.52. The van der Waals surface area contributed by atoms with Gasteiger partial charge < -0.3 is 5.11 Å². The standard InChI is InChI=1S/C8H16O/c1-4-5-6-7-8(2,3)9/h4-5,9H,6-7H2,1-3H3/b5-4+. The Morgan fingerprint density at radius 3 is 2.33 bits per heavy atom. The quantitative estimate of drug-likeness (QED) is 0.577. The molecule has 9 heavy (non-hydrogen) atoms. The van der Waals surface area contributed by atoms with Crippen molar-refractivity contribution in [1.82, 2.24) is 0 Å². The van der Waals surface area contributed by atoms with Crippen LogP contribution in [0.25, 0.3) is 0 Å². The summed E-state index contributed by atoms with van der Waals surface area (Å²) < 4.78 is 0. The number of aliphatic hydroxyl groups is 1. The average molecular weight is 128 g/mol. The van der Waals surface area contributed by atoms with E-state index in [1.165, 1.54) is 0 Å². The van der Waals surface area contributed by atoms with Crippen LogP contribution in [0.1, 0.15) is 33.6 Å². The van der Waals surface area contributed by atoms with Crippen LogP contribution in [0.3, 0.4) is 0 Å². The molecule has 0 fully saturated rings. The summed E-state index contributed by atoms with van der Waals surface area (Å²) in [4.78, 5) is 0. The predicted molar refractivity (Wildman–Crippen MR) is 40.3 cm³/mol. The van der Waals surface area contributed by atoms with Crippen molar-refractivity contribution in [2.75, 3.05) is 0 Å². The second-order valence-electron chi connectivity index (χ2n) is 2.92. The summed E-state index contributed by atoms with van der Waals surface area (Å²) >= 11 is 0. The highest BCUT2D eigenvalue weighted by atomic mass is 16.3. The molecule has 0 saturated carbocycles. The first-order chi connectivity index (χ1) is 4.06. The van der Waals surface area contributed by atoms with Crippen LogP contribution in [0.2, 0.25) is 0 Å².